The molecule has 0 heterocycles. The van der Waals surface area contributed by atoms with E-state index in [2.05, 4.69) is 13.8 Å². The Hall–Kier alpha value is 0.434. The van der Waals surface area contributed by atoms with Gasteiger partial charge in [-0.1, -0.05) is 27.7 Å². The molecule has 3 nitrogen and oxygen atoms in total. The Bertz CT molecular complexity index is 45.5. The monoisotopic (exact) mass is 270 g/mol. The van der Waals surface area contributed by atoms with Crippen molar-refractivity contribution in [2.75, 3.05) is 13.2 Å². The topological polar surface area (TPSA) is 57.5 Å². The van der Waals surface area contributed by atoms with Gasteiger partial charge in [0, 0.05) is 13.2 Å². The summed E-state index contributed by atoms with van der Waals surface area (Å²) in [4.78, 5) is 0. The molecule has 0 saturated heterocycles. The van der Waals surface area contributed by atoms with Gasteiger partial charge in [0.2, 0.25) is 0 Å². The Labute approximate surface area is 114 Å². The molecule has 0 aromatic rings. The normalized spacial score (nSPS) is 6.38. The Morgan fingerprint density at radius 1 is 0.812 bits per heavy atom. The maximum atomic E-state index is 8.25. The molecule has 0 radical (unpaired) electrons. The third kappa shape index (κ3) is 440. The number of rotatable bonds is 2. The molecule has 0 fully saturated rings. The summed E-state index contributed by atoms with van der Waals surface area (Å²) in [7, 11) is 0. The van der Waals surface area contributed by atoms with Crippen LogP contribution in [0.15, 0.2) is 0 Å². The van der Waals surface area contributed by atoms with Crippen molar-refractivity contribution in [2.45, 2.75) is 53.4 Å². The second kappa shape index (κ2) is 77.7. The van der Waals surface area contributed by atoms with Crippen LogP contribution in [-0.4, -0.2) is 23.4 Å². The summed E-state index contributed by atoms with van der Waals surface area (Å²) in [5.74, 6) is 0. The van der Waals surface area contributed by atoms with Crippen LogP contribution in [0.4, 0.5) is 0 Å². The van der Waals surface area contributed by atoms with E-state index in [1.807, 2.05) is 27.7 Å². The quantitative estimate of drug-likeness (QED) is 0.598. The van der Waals surface area contributed by atoms with E-state index in [0.717, 1.165) is 46.1 Å². The van der Waals surface area contributed by atoms with Gasteiger partial charge in [-0.2, -0.15) is 12.8 Å². The van der Waals surface area contributed by atoms with Crippen molar-refractivity contribution in [3.8, 4) is 0 Å². The summed E-state index contributed by atoms with van der Waals surface area (Å²) in [6, 6.07) is 0. The van der Waals surface area contributed by atoms with E-state index in [1.165, 1.54) is 0 Å². The molecule has 0 atom stereocenters. The molecule has 0 aromatic carbocycles. The Balaban J connectivity index is -0.0000000322. The number of aliphatic hydroxyl groups is 2. The SMILES string of the molecule is CCCO.CCCO.[CH2-]CC.[CH2-]CC.[O]=[Ti+2]. The average Bonchev–Trinajstić information content (AvgIpc) is 2.33. The van der Waals surface area contributed by atoms with Crippen molar-refractivity contribution < 1.29 is 33.9 Å². The van der Waals surface area contributed by atoms with Gasteiger partial charge in [0.1, 0.15) is 0 Å². The van der Waals surface area contributed by atoms with Crippen LogP contribution >= 0.6 is 0 Å². The van der Waals surface area contributed by atoms with Gasteiger partial charge in [-0.3, -0.25) is 0 Å². The average molecular weight is 270 g/mol. The van der Waals surface area contributed by atoms with Crippen LogP contribution in [0.2, 0.25) is 0 Å². The second-order valence-corrected chi connectivity index (χ2v) is 2.45. The second-order valence-electron chi connectivity index (χ2n) is 2.45. The predicted octanol–water partition coefficient (Wildman–Crippen LogP) is 3.12. The molecular formula is C12H30O3Ti. The van der Waals surface area contributed by atoms with Gasteiger partial charge < -0.3 is 24.1 Å². The zero-order chi connectivity index (χ0) is 14.2. The first-order valence-corrected chi connectivity index (χ1v) is 6.30. The Morgan fingerprint density at radius 2 is 0.875 bits per heavy atom. The minimum atomic E-state index is 0.319. The molecular weight excluding hydrogens is 240 g/mol. The summed E-state index contributed by atoms with van der Waals surface area (Å²) < 4.78 is 8.25. The number of hydrogen-bond donors (Lipinski definition) is 2. The molecule has 2 N–H and O–H groups in total. The molecule has 0 aliphatic rings. The van der Waals surface area contributed by atoms with Gasteiger partial charge in [-0.15, -0.1) is 0 Å². The van der Waals surface area contributed by atoms with E-state index in [0.29, 0.717) is 13.2 Å². The fourth-order valence-corrected chi connectivity index (χ4v) is 0. The zero-order valence-corrected chi connectivity index (χ0v) is 13.0. The van der Waals surface area contributed by atoms with E-state index in [-0.39, 0.29) is 0 Å². The molecule has 0 aromatic heterocycles. The van der Waals surface area contributed by atoms with Crippen LogP contribution < -0.4 is 0 Å². The van der Waals surface area contributed by atoms with Crippen molar-refractivity contribution in [2.24, 2.45) is 0 Å². The molecule has 0 unspecified atom stereocenters. The third-order valence-corrected chi connectivity index (χ3v) is 0.447. The van der Waals surface area contributed by atoms with Gasteiger partial charge in [0.05, 0.1) is 0 Å². The predicted molar refractivity (Wildman–Crippen MR) is 66.7 cm³/mol. The van der Waals surface area contributed by atoms with Crippen LogP contribution in [0.25, 0.3) is 0 Å². The molecule has 0 rings (SSSR count). The van der Waals surface area contributed by atoms with E-state index in [1.54, 1.807) is 0 Å². The Kier molecular flexibility index (Phi) is 145. The van der Waals surface area contributed by atoms with Crippen molar-refractivity contribution in [3.63, 3.8) is 0 Å². The summed E-state index contributed by atoms with van der Waals surface area (Å²) in [5, 5.41) is 15.8. The third-order valence-electron chi connectivity index (χ3n) is 0.447. The van der Waals surface area contributed by atoms with Crippen molar-refractivity contribution in [3.05, 3.63) is 13.8 Å². The van der Waals surface area contributed by atoms with Crippen LogP contribution in [0.3, 0.4) is 0 Å². The molecule has 0 aliphatic heterocycles. The first-order chi connectivity index (χ1) is 7.66. The van der Waals surface area contributed by atoms with Gasteiger partial charge >= 0.3 is 23.7 Å². The summed E-state index contributed by atoms with van der Waals surface area (Å²) >= 11 is 0.750. The maximum absolute atomic E-state index is 8.25. The molecule has 0 aliphatic carbocycles. The minimum absolute atomic E-state index is 0.319. The summed E-state index contributed by atoms with van der Waals surface area (Å²) in [6.07, 6.45) is 3.75. The van der Waals surface area contributed by atoms with E-state index in [9.17, 15) is 0 Å². The Morgan fingerprint density at radius 3 is 0.875 bits per heavy atom. The van der Waals surface area contributed by atoms with E-state index >= 15 is 0 Å². The fourth-order valence-electron chi connectivity index (χ4n) is 0. The molecule has 4 heteroatoms. The van der Waals surface area contributed by atoms with Gasteiger partial charge in [0.25, 0.3) is 0 Å². The van der Waals surface area contributed by atoms with Crippen LogP contribution in [0, 0.1) is 13.8 Å². The van der Waals surface area contributed by atoms with Gasteiger partial charge in [-0.05, 0) is 12.8 Å². The molecule has 16 heavy (non-hydrogen) atoms. The van der Waals surface area contributed by atoms with Crippen LogP contribution in [0.1, 0.15) is 53.4 Å². The van der Waals surface area contributed by atoms with Crippen molar-refractivity contribution >= 4 is 0 Å². The summed E-state index contributed by atoms with van der Waals surface area (Å²) in [6.45, 7) is 15.5. The molecule has 0 amide bonds. The van der Waals surface area contributed by atoms with E-state index < -0.39 is 0 Å². The van der Waals surface area contributed by atoms with Crippen molar-refractivity contribution in [1.29, 1.82) is 0 Å². The first kappa shape index (κ1) is 29.9. The standard InChI is InChI=1S/2C3H8O.2C3H7.O.Ti/c2*1-2-3-4;2*1-3-2;;/h2*4H,2-3H2,1H3;2*1,3H2,2H3;;/q;;2*-1;;+2. The van der Waals surface area contributed by atoms with Crippen LogP contribution in [-0.2, 0) is 23.7 Å². The molecule has 0 spiro atoms. The number of aliphatic hydroxyl groups excluding tert-OH is 2. The van der Waals surface area contributed by atoms with E-state index in [4.69, 9.17) is 13.5 Å². The zero-order valence-electron chi connectivity index (χ0n) is 11.5. The van der Waals surface area contributed by atoms with Gasteiger partial charge in [0.15, 0.2) is 0 Å². The molecule has 0 saturated carbocycles. The molecule has 100 valence electrons. The van der Waals surface area contributed by atoms with Gasteiger partial charge in [-0.25, -0.2) is 0 Å². The fraction of sp³-hybridized carbons (Fsp3) is 0.833. The molecule has 0 bridgehead atoms. The first-order valence-electron chi connectivity index (χ1n) is 5.67. The van der Waals surface area contributed by atoms with Crippen LogP contribution in [0.5, 0.6) is 0 Å². The number of hydrogen-bond acceptors (Lipinski definition) is 3. The summed E-state index contributed by atoms with van der Waals surface area (Å²) in [5.41, 5.74) is 0. The van der Waals surface area contributed by atoms with Crippen molar-refractivity contribution in [1.82, 2.24) is 0 Å².